The van der Waals surface area contributed by atoms with Crippen molar-refractivity contribution in [3.63, 3.8) is 0 Å². The Hall–Kier alpha value is -2.79. The quantitative estimate of drug-likeness (QED) is 0.629. The van der Waals surface area contributed by atoms with Crippen LogP contribution in [0.2, 0.25) is 0 Å². The average molecular weight is 386 g/mol. The maximum atomic E-state index is 12.1. The summed E-state index contributed by atoms with van der Waals surface area (Å²) in [6.45, 7) is 4.11. The molecular weight excluding hydrogens is 362 g/mol. The molecule has 0 aliphatic rings. The molecule has 1 heterocycles. The Labute approximate surface area is 165 Å². The smallest absolute Gasteiger partial charge is 0.338 e. The molecule has 0 spiro atoms. The number of hydrogen-bond donors (Lipinski definition) is 1. The summed E-state index contributed by atoms with van der Waals surface area (Å²) in [5, 5.41) is 4.33. The van der Waals surface area contributed by atoms with E-state index >= 15 is 0 Å². The zero-order valence-electron chi connectivity index (χ0n) is 15.9. The third-order valence-corrected chi connectivity index (χ3v) is 4.11. The lowest BCUT2D eigenvalue weighted by atomic mass is 10.1. The minimum absolute atomic E-state index is 0. The number of pyridine rings is 1. The number of carbonyl (C=O) groups is 1. The standard InChI is InChI=1S/C21H23N3O2.ClH/c1-5-26-21(25)15-6-11-19-18(13-15)20(12-14(2)22-19)23-16-7-9-17(10-8-16)24(3)4;/h6-13H,5H2,1-4H3,(H,22,23);1H. The number of aryl methyl sites for hydroxylation is 1. The Kier molecular flexibility index (Phi) is 6.64. The van der Waals surface area contributed by atoms with Crippen LogP contribution in [0.25, 0.3) is 10.9 Å². The number of esters is 1. The van der Waals surface area contributed by atoms with Crippen LogP contribution in [0.5, 0.6) is 0 Å². The van der Waals surface area contributed by atoms with Gasteiger partial charge in [0.25, 0.3) is 0 Å². The summed E-state index contributed by atoms with van der Waals surface area (Å²) in [5.41, 5.74) is 5.30. The van der Waals surface area contributed by atoms with E-state index < -0.39 is 0 Å². The normalized spacial score (nSPS) is 10.2. The molecule has 0 saturated carbocycles. The zero-order chi connectivity index (χ0) is 18.7. The third-order valence-electron chi connectivity index (χ3n) is 4.11. The molecule has 0 radical (unpaired) electrons. The summed E-state index contributed by atoms with van der Waals surface area (Å²) in [6, 6.07) is 15.6. The van der Waals surface area contributed by atoms with E-state index in [1.54, 1.807) is 13.0 Å². The lowest BCUT2D eigenvalue weighted by Gasteiger charge is -2.15. The molecule has 0 saturated heterocycles. The molecule has 0 aliphatic carbocycles. The zero-order valence-corrected chi connectivity index (χ0v) is 16.8. The Morgan fingerprint density at radius 1 is 1.11 bits per heavy atom. The van der Waals surface area contributed by atoms with Gasteiger partial charge in [-0.2, -0.15) is 0 Å². The predicted octanol–water partition coefficient (Wildman–Crippen LogP) is 4.95. The van der Waals surface area contributed by atoms with Gasteiger partial charge in [0.2, 0.25) is 0 Å². The van der Waals surface area contributed by atoms with E-state index in [0.29, 0.717) is 12.2 Å². The van der Waals surface area contributed by atoms with Gasteiger partial charge in [-0.1, -0.05) is 0 Å². The van der Waals surface area contributed by atoms with Crippen molar-refractivity contribution in [2.24, 2.45) is 0 Å². The molecule has 27 heavy (non-hydrogen) atoms. The number of rotatable bonds is 5. The molecule has 0 bridgehead atoms. The molecule has 3 aromatic rings. The molecule has 0 aliphatic heterocycles. The number of halogens is 1. The van der Waals surface area contributed by atoms with Gasteiger partial charge in [0.1, 0.15) is 0 Å². The van der Waals surface area contributed by atoms with Crippen LogP contribution >= 0.6 is 12.4 Å². The van der Waals surface area contributed by atoms with Crippen molar-refractivity contribution in [1.82, 2.24) is 4.98 Å². The number of hydrogen-bond acceptors (Lipinski definition) is 5. The lowest BCUT2D eigenvalue weighted by molar-refractivity contribution is 0.0526. The molecule has 0 fully saturated rings. The van der Waals surface area contributed by atoms with Gasteiger partial charge in [-0.05, 0) is 62.4 Å². The molecule has 1 N–H and O–H groups in total. The summed E-state index contributed by atoms with van der Waals surface area (Å²) in [5.74, 6) is -0.323. The minimum atomic E-state index is -0.323. The number of nitrogens with zero attached hydrogens (tertiary/aromatic N) is 2. The molecule has 0 unspecified atom stereocenters. The van der Waals surface area contributed by atoms with Crippen LogP contribution in [0.15, 0.2) is 48.5 Å². The Morgan fingerprint density at radius 3 is 2.44 bits per heavy atom. The predicted molar refractivity (Wildman–Crippen MR) is 114 cm³/mol. The van der Waals surface area contributed by atoms with Crippen LogP contribution in [-0.4, -0.2) is 31.7 Å². The molecule has 0 amide bonds. The highest BCUT2D eigenvalue weighted by Crippen LogP contribution is 2.28. The van der Waals surface area contributed by atoms with Gasteiger partial charge in [-0.15, -0.1) is 12.4 Å². The second kappa shape index (κ2) is 8.73. The Balaban J connectivity index is 0.00000261. The van der Waals surface area contributed by atoms with Crippen LogP contribution in [0.4, 0.5) is 17.1 Å². The fourth-order valence-electron chi connectivity index (χ4n) is 2.80. The molecule has 0 atom stereocenters. The number of fused-ring (bicyclic) bond motifs is 1. The van der Waals surface area contributed by atoms with Crippen molar-refractivity contribution >= 4 is 46.3 Å². The van der Waals surface area contributed by atoms with E-state index in [1.807, 2.05) is 51.4 Å². The summed E-state index contributed by atoms with van der Waals surface area (Å²) in [7, 11) is 4.03. The van der Waals surface area contributed by atoms with Crippen molar-refractivity contribution in [1.29, 1.82) is 0 Å². The van der Waals surface area contributed by atoms with Gasteiger partial charge in [0.15, 0.2) is 0 Å². The van der Waals surface area contributed by atoms with Crippen LogP contribution in [0.3, 0.4) is 0 Å². The fourth-order valence-corrected chi connectivity index (χ4v) is 2.80. The van der Waals surface area contributed by atoms with Crippen LogP contribution < -0.4 is 10.2 Å². The highest BCUT2D eigenvalue weighted by Gasteiger charge is 2.11. The number of nitrogens with one attached hydrogen (secondary N) is 1. The Morgan fingerprint density at radius 2 is 1.81 bits per heavy atom. The highest BCUT2D eigenvalue weighted by molar-refractivity contribution is 5.99. The molecule has 142 valence electrons. The molecule has 3 rings (SSSR count). The molecule has 2 aromatic carbocycles. The summed E-state index contributed by atoms with van der Waals surface area (Å²) in [4.78, 5) is 18.7. The van der Waals surface area contributed by atoms with Crippen molar-refractivity contribution in [2.45, 2.75) is 13.8 Å². The van der Waals surface area contributed by atoms with E-state index in [0.717, 1.165) is 33.7 Å². The summed E-state index contributed by atoms with van der Waals surface area (Å²) >= 11 is 0. The second-order valence-corrected chi connectivity index (χ2v) is 6.33. The highest BCUT2D eigenvalue weighted by atomic mass is 35.5. The number of anilines is 3. The summed E-state index contributed by atoms with van der Waals surface area (Å²) in [6.07, 6.45) is 0. The van der Waals surface area contributed by atoms with Gasteiger partial charge in [-0.25, -0.2) is 4.79 Å². The van der Waals surface area contributed by atoms with Crippen LogP contribution in [0.1, 0.15) is 23.0 Å². The monoisotopic (exact) mass is 385 g/mol. The first-order chi connectivity index (χ1) is 12.5. The van der Waals surface area contributed by atoms with Crippen LogP contribution in [0, 0.1) is 6.92 Å². The van der Waals surface area contributed by atoms with Gasteiger partial charge in [-0.3, -0.25) is 4.98 Å². The first-order valence-electron chi connectivity index (χ1n) is 8.61. The first-order valence-corrected chi connectivity index (χ1v) is 8.61. The van der Waals surface area contributed by atoms with Crippen molar-refractivity contribution < 1.29 is 9.53 Å². The first kappa shape index (κ1) is 20.5. The van der Waals surface area contributed by atoms with E-state index in [4.69, 9.17) is 4.74 Å². The van der Waals surface area contributed by atoms with Gasteiger partial charge < -0.3 is 15.0 Å². The van der Waals surface area contributed by atoms with Crippen molar-refractivity contribution in [2.75, 3.05) is 30.9 Å². The van der Waals surface area contributed by atoms with Gasteiger partial charge in [0, 0.05) is 42.2 Å². The topological polar surface area (TPSA) is 54.5 Å². The number of aromatic nitrogens is 1. The lowest BCUT2D eigenvalue weighted by Crippen LogP contribution is -2.08. The minimum Gasteiger partial charge on any atom is -0.462 e. The summed E-state index contributed by atoms with van der Waals surface area (Å²) < 4.78 is 5.11. The molecule has 1 aromatic heterocycles. The molecule has 6 heteroatoms. The number of carbonyl (C=O) groups excluding carboxylic acids is 1. The largest absolute Gasteiger partial charge is 0.462 e. The van der Waals surface area contributed by atoms with E-state index in [1.165, 1.54) is 0 Å². The number of ether oxygens (including phenoxy) is 1. The van der Waals surface area contributed by atoms with E-state index in [-0.39, 0.29) is 18.4 Å². The SMILES string of the molecule is CCOC(=O)c1ccc2nc(C)cc(Nc3ccc(N(C)C)cc3)c2c1.Cl. The second-order valence-electron chi connectivity index (χ2n) is 6.33. The van der Waals surface area contributed by atoms with E-state index in [2.05, 4.69) is 27.3 Å². The number of benzene rings is 2. The third kappa shape index (κ3) is 4.68. The molecular formula is C21H24ClN3O2. The van der Waals surface area contributed by atoms with Crippen molar-refractivity contribution in [3.05, 3.63) is 59.8 Å². The maximum absolute atomic E-state index is 12.1. The van der Waals surface area contributed by atoms with E-state index in [9.17, 15) is 4.79 Å². The molecule has 5 nitrogen and oxygen atoms in total. The maximum Gasteiger partial charge on any atom is 0.338 e. The van der Waals surface area contributed by atoms with Gasteiger partial charge in [0.05, 0.1) is 17.7 Å². The van der Waals surface area contributed by atoms with Gasteiger partial charge >= 0.3 is 5.97 Å². The average Bonchev–Trinajstić information content (AvgIpc) is 2.62. The fraction of sp³-hybridized carbons (Fsp3) is 0.238. The Bertz CT molecular complexity index is 940. The van der Waals surface area contributed by atoms with Crippen LogP contribution in [-0.2, 0) is 4.74 Å². The van der Waals surface area contributed by atoms with Crippen molar-refractivity contribution in [3.8, 4) is 0 Å².